The van der Waals surface area contributed by atoms with Gasteiger partial charge in [-0.25, -0.2) is 0 Å². The van der Waals surface area contributed by atoms with E-state index in [2.05, 4.69) is 40.2 Å². The molecule has 1 nitrogen and oxygen atoms in total. The second kappa shape index (κ2) is 4.40. The molecule has 2 rings (SSSR count). The highest BCUT2D eigenvalue weighted by atomic mass is 79.9. The van der Waals surface area contributed by atoms with Gasteiger partial charge in [-0.3, -0.25) is 0 Å². The van der Waals surface area contributed by atoms with Gasteiger partial charge in [0.05, 0.1) is 5.54 Å². The predicted molar refractivity (Wildman–Crippen MR) is 71.2 cm³/mol. The van der Waals surface area contributed by atoms with Crippen LogP contribution in [0.3, 0.4) is 0 Å². The summed E-state index contributed by atoms with van der Waals surface area (Å²) in [6, 6.07) is 18.3. The average molecular weight is 276 g/mol. The molecule has 0 aliphatic carbocycles. The Kier molecular flexibility index (Phi) is 3.13. The highest BCUT2D eigenvalue weighted by Gasteiger charge is 2.23. The van der Waals surface area contributed by atoms with E-state index >= 15 is 0 Å². The summed E-state index contributed by atoms with van der Waals surface area (Å²) in [6.07, 6.45) is 0. The zero-order valence-corrected chi connectivity index (χ0v) is 10.7. The summed E-state index contributed by atoms with van der Waals surface area (Å²) in [5.41, 5.74) is 8.18. The summed E-state index contributed by atoms with van der Waals surface area (Å²) in [6.45, 7) is 2.03. The monoisotopic (exact) mass is 275 g/mol. The minimum atomic E-state index is -0.453. The third-order valence-corrected chi connectivity index (χ3v) is 3.29. The van der Waals surface area contributed by atoms with E-state index in [9.17, 15) is 0 Å². The van der Waals surface area contributed by atoms with Crippen LogP contribution < -0.4 is 5.73 Å². The Bertz CT molecular complexity index is 477. The van der Waals surface area contributed by atoms with Gasteiger partial charge in [0.25, 0.3) is 0 Å². The number of halogens is 1. The maximum absolute atomic E-state index is 6.41. The van der Waals surface area contributed by atoms with Crippen LogP contribution in [0, 0.1) is 0 Å². The number of hydrogen-bond donors (Lipinski definition) is 1. The molecule has 0 aliphatic rings. The van der Waals surface area contributed by atoms with Crippen LogP contribution in [0.15, 0.2) is 59.1 Å². The van der Waals surface area contributed by atoms with Crippen LogP contribution in [-0.4, -0.2) is 0 Å². The molecule has 2 aromatic rings. The molecule has 0 spiro atoms. The van der Waals surface area contributed by atoms with Gasteiger partial charge >= 0.3 is 0 Å². The first-order valence-corrected chi connectivity index (χ1v) is 6.00. The summed E-state index contributed by atoms with van der Waals surface area (Å²) in [5.74, 6) is 0. The molecule has 1 unspecified atom stereocenters. The Hall–Kier alpha value is -1.12. The predicted octanol–water partition coefficient (Wildman–Crippen LogP) is 3.67. The Morgan fingerprint density at radius 3 is 2.19 bits per heavy atom. The molecule has 0 amide bonds. The smallest absolute Gasteiger partial charge is 0.0637 e. The van der Waals surface area contributed by atoms with E-state index < -0.39 is 5.54 Å². The molecule has 0 aromatic heterocycles. The lowest BCUT2D eigenvalue weighted by atomic mass is 9.86. The lowest BCUT2D eigenvalue weighted by molar-refractivity contribution is 0.603. The van der Waals surface area contributed by atoms with Crippen molar-refractivity contribution < 1.29 is 0 Å². The molecule has 1 atom stereocenters. The van der Waals surface area contributed by atoms with Crippen molar-refractivity contribution in [1.29, 1.82) is 0 Å². The third-order valence-electron chi connectivity index (χ3n) is 2.80. The second-order valence-corrected chi connectivity index (χ2v) is 4.99. The summed E-state index contributed by atoms with van der Waals surface area (Å²) in [5, 5.41) is 0. The van der Waals surface area contributed by atoms with Crippen LogP contribution in [0.2, 0.25) is 0 Å². The molecule has 82 valence electrons. The van der Waals surface area contributed by atoms with Crippen molar-refractivity contribution in [3.8, 4) is 0 Å². The highest BCUT2D eigenvalue weighted by molar-refractivity contribution is 9.10. The quantitative estimate of drug-likeness (QED) is 0.889. The molecular formula is C14H14BrN. The van der Waals surface area contributed by atoms with Crippen molar-refractivity contribution in [2.24, 2.45) is 5.73 Å². The Labute approximate surface area is 104 Å². The number of benzene rings is 2. The second-order valence-electron chi connectivity index (χ2n) is 4.08. The largest absolute Gasteiger partial charge is 0.318 e. The van der Waals surface area contributed by atoms with Crippen molar-refractivity contribution in [3.05, 3.63) is 70.2 Å². The van der Waals surface area contributed by atoms with Gasteiger partial charge in [-0.05, 0) is 30.2 Å². The van der Waals surface area contributed by atoms with Crippen molar-refractivity contribution >= 4 is 15.9 Å². The molecular weight excluding hydrogens is 262 g/mol. The van der Waals surface area contributed by atoms with Crippen molar-refractivity contribution in [2.45, 2.75) is 12.5 Å². The van der Waals surface area contributed by atoms with Gasteiger partial charge in [-0.15, -0.1) is 0 Å². The molecule has 2 N–H and O–H groups in total. The lowest BCUT2D eigenvalue weighted by Crippen LogP contribution is -2.34. The van der Waals surface area contributed by atoms with Crippen molar-refractivity contribution in [2.75, 3.05) is 0 Å². The molecule has 0 saturated carbocycles. The van der Waals surface area contributed by atoms with Gasteiger partial charge in [-0.2, -0.15) is 0 Å². The zero-order chi connectivity index (χ0) is 11.6. The first-order chi connectivity index (χ1) is 7.60. The minimum absolute atomic E-state index is 0.453. The molecule has 0 fully saturated rings. The Morgan fingerprint density at radius 2 is 1.56 bits per heavy atom. The van der Waals surface area contributed by atoms with Crippen LogP contribution in [0.5, 0.6) is 0 Å². The van der Waals surface area contributed by atoms with Gasteiger partial charge in [0, 0.05) is 4.47 Å². The zero-order valence-electron chi connectivity index (χ0n) is 9.15. The van der Waals surface area contributed by atoms with E-state index in [1.807, 2.05) is 37.3 Å². The fraction of sp³-hybridized carbons (Fsp3) is 0.143. The first kappa shape index (κ1) is 11.4. The number of rotatable bonds is 2. The SMILES string of the molecule is CC(N)(c1ccccc1)c1cccc(Br)c1. The summed E-state index contributed by atoms with van der Waals surface area (Å²) < 4.78 is 1.05. The lowest BCUT2D eigenvalue weighted by Gasteiger charge is -2.26. The van der Waals surface area contributed by atoms with Gasteiger partial charge < -0.3 is 5.73 Å². The van der Waals surface area contributed by atoms with Crippen LogP contribution in [0.4, 0.5) is 0 Å². The number of nitrogens with two attached hydrogens (primary N) is 1. The molecule has 0 saturated heterocycles. The maximum atomic E-state index is 6.41. The van der Waals surface area contributed by atoms with Crippen LogP contribution >= 0.6 is 15.9 Å². The molecule has 0 aliphatic heterocycles. The van der Waals surface area contributed by atoms with Crippen LogP contribution in [-0.2, 0) is 5.54 Å². The van der Waals surface area contributed by atoms with E-state index in [0.29, 0.717) is 0 Å². The van der Waals surface area contributed by atoms with Gasteiger partial charge in [0.1, 0.15) is 0 Å². The van der Waals surface area contributed by atoms with E-state index in [1.54, 1.807) is 0 Å². The van der Waals surface area contributed by atoms with E-state index in [-0.39, 0.29) is 0 Å². The first-order valence-electron chi connectivity index (χ1n) is 5.21. The summed E-state index contributed by atoms with van der Waals surface area (Å²) >= 11 is 3.47. The summed E-state index contributed by atoms with van der Waals surface area (Å²) in [4.78, 5) is 0. The molecule has 0 heterocycles. The minimum Gasteiger partial charge on any atom is -0.318 e. The highest BCUT2D eigenvalue weighted by Crippen LogP contribution is 2.27. The van der Waals surface area contributed by atoms with Crippen molar-refractivity contribution in [1.82, 2.24) is 0 Å². The van der Waals surface area contributed by atoms with E-state index in [0.717, 1.165) is 15.6 Å². The standard InChI is InChI=1S/C14H14BrN/c1-14(16,11-6-3-2-4-7-11)12-8-5-9-13(15)10-12/h2-10H,16H2,1H3. The van der Waals surface area contributed by atoms with Crippen LogP contribution in [0.1, 0.15) is 18.1 Å². The van der Waals surface area contributed by atoms with Crippen LogP contribution in [0.25, 0.3) is 0 Å². The maximum Gasteiger partial charge on any atom is 0.0637 e. The normalized spacial score (nSPS) is 14.4. The average Bonchev–Trinajstić information content (AvgIpc) is 2.30. The molecule has 0 bridgehead atoms. The number of hydrogen-bond acceptors (Lipinski definition) is 1. The topological polar surface area (TPSA) is 26.0 Å². The van der Waals surface area contributed by atoms with Gasteiger partial charge in [0.2, 0.25) is 0 Å². The molecule has 16 heavy (non-hydrogen) atoms. The Balaban J connectivity index is 2.47. The van der Waals surface area contributed by atoms with E-state index in [1.165, 1.54) is 0 Å². The van der Waals surface area contributed by atoms with Gasteiger partial charge in [-0.1, -0.05) is 58.4 Å². The van der Waals surface area contributed by atoms with E-state index in [4.69, 9.17) is 5.73 Å². The molecule has 2 aromatic carbocycles. The fourth-order valence-electron chi connectivity index (χ4n) is 1.76. The van der Waals surface area contributed by atoms with Crippen molar-refractivity contribution in [3.63, 3.8) is 0 Å². The fourth-order valence-corrected chi connectivity index (χ4v) is 2.16. The molecule has 0 radical (unpaired) electrons. The Morgan fingerprint density at radius 1 is 0.938 bits per heavy atom. The molecule has 2 heteroatoms. The third kappa shape index (κ3) is 2.18. The summed E-state index contributed by atoms with van der Waals surface area (Å²) in [7, 11) is 0. The van der Waals surface area contributed by atoms with Gasteiger partial charge in [0.15, 0.2) is 0 Å².